The van der Waals surface area contributed by atoms with Gasteiger partial charge in [-0.2, -0.15) is 4.72 Å². The Bertz CT molecular complexity index is 1360. The number of carbonyl (C=O) groups is 1. The van der Waals surface area contributed by atoms with Crippen LogP contribution in [0, 0.1) is 5.82 Å². The molecule has 0 aliphatic carbocycles. The van der Waals surface area contributed by atoms with Gasteiger partial charge in [0.05, 0.1) is 0 Å². The van der Waals surface area contributed by atoms with Crippen LogP contribution < -0.4 is 4.72 Å². The molecule has 6 nitrogen and oxygen atoms in total. The van der Waals surface area contributed by atoms with Crippen molar-refractivity contribution in [2.75, 3.05) is 0 Å². The van der Waals surface area contributed by atoms with Crippen molar-refractivity contribution < 1.29 is 22.7 Å². The number of carboxylic acid groups (broad SMARTS) is 1. The molecule has 4 rings (SSSR count). The Hall–Kier alpha value is -3.01. The zero-order valence-corrected chi connectivity index (χ0v) is 18.1. The molecular formula is C22H19FN2O4S2. The molecule has 0 spiro atoms. The second-order valence-corrected chi connectivity index (χ2v) is 10.1. The van der Waals surface area contributed by atoms with E-state index in [9.17, 15) is 22.7 Å². The van der Waals surface area contributed by atoms with E-state index >= 15 is 0 Å². The number of aryl methyl sites for hydroxylation is 1. The van der Waals surface area contributed by atoms with Crippen LogP contribution in [-0.4, -0.2) is 30.1 Å². The van der Waals surface area contributed by atoms with Crippen LogP contribution in [0.15, 0.2) is 71.1 Å². The summed E-state index contributed by atoms with van der Waals surface area (Å²) in [5.74, 6) is -1.64. The van der Waals surface area contributed by atoms with Crippen LogP contribution in [0.3, 0.4) is 0 Å². The van der Waals surface area contributed by atoms with Crippen molar-refractivity contribution in [3.63, 3.8) is 0 Å². The minimum Gasteiger partial charge on any atom is -0.480 e. The first-order valence-electron chi connectivity index (χ1n) is 9.38. The van der Waals surface area contributed by atoms with Crippen molar-refractivity contribution in [1.29, 1.82) is 0 Å². The van der Waals surface area contributed by atoms with Gasteiger partial charge in [0.25, 0.3) is 10.0 Å². The first-order chi connectivity index (χ1) is 14.7. The van der Waals surface area contributed by atoms with Crippen LogP contribution in [0.2, 0.25) is 0 Å². The molecule has 2 aromatic heterocycles. The quantitative estimate of drug-likeness (QED) is 0.438. The Kier molecular flexibility index (Phi) is 5.65. The number of fused-ring (bicyclic) bond motifs is 1. The van der Waals surface area contributed by atoms with Gasteiger partial charge in [-0.3, -0.25) is 4.79 Å². The fourth-order valence-corrected chi connectivity index (χ4v) is 5.98. The monoisotopic (exact) mass is 458 g/mol. The van der Waals surface area contributed by atoms with Gasteiger partial charge >= 0.3 is 5.97 Å². The van der Waals surface area contributed by atoms with Crippen molar-refractivity contribution in [3.8, 4) is 10.4 Å². The smallest absolute Gasteiger partial charge is 0.322 e. The highest BCUT2D eigenvalue weighted by Crippen LogP contribution is 2.31. The first kappa shape index (κ1) is 21.2. The van der Waals surface area contributed by atoms with E-state index in [0.29, 0.717) is 10.4 Å². The van der Waals surface area contributed by atoms with E-state index < -0.39 is 22.0 Å². The molecule has 160 valence electrons. The lowest BCUT2D eigenvalue weighted by Gasteiger charge is -2.13. The summed E-state index contributed by atoms with van der Waals surface area (Å²) in [6.45, 7) is 0. The topological polar surface area (TPSA) is 88.4 Å². The van der Waals surface area contributed by atoms with Gasteiger partial charge in [-0.1, -0.05) is 30.3 Å². The highest BCUT2D eigenvalue weighted by atomic mass is 32.2. The maximum Gasteiger partial charge on any atom is 0.322 e. The number of rotatable bonds is 7. The first-order valence-corrected chi connectivity index (χ1v) is 11.7. The van der Waals surface area contributed by atoms with Crippen LogP contribution in [0.4, 0.5) is 4.39 Å². The highest BCUT2D eigenvalue weighted by Gasteiger charge is 2.28. The molecule has 0 radical (unpaired) electrons. The lowest BCUT2D eigenvalue weighted by molar-refractivity contribution is -0.138. The summed E-state index contributed by atoms with van der Waals surface area (Å²) in [6, 6.07) is 15.0. The van der Waals surface area contributed by atoms with Crippen LogP contribution in [0.1, 0.15) is 5.56 Å². The Balaban J connectivity index is 1.59. The second-order valence-electron chi connectivity index (χ2n) is 7.12. The fourth-order valence-electron chi connectivity index (χ4n) is 3.47. The molecule has 9 heteroatoms. The van der Waals surface area contributed by atoms with Crippen molar-refractivity contribution in [2.24, 2.45) is 7.05 Å². The van der Waals surface area contributed by atoms with Gasteiger partial charge in [0, 0.05) is 35.4 Å². The number of nitrogens with one attached hydrogen (secondary N) is 1. The zero-order valence-electron chi connectivity index (χ0n) is 16.4. The average molecular weight is 459 g/mol. The van der Waals surface area contributed by atoms with Gasteiger partial charge in [0.2, 0.25) is 0 Å². The molecule has 1 atom stereocenters. The van der Waals surface area contributed by atoms with E-state index in [1.54, 1.807) is 18.2 Å². The highest BCUT2D eigenvalue weighted by molar-refractivity contribution is 7.91. The maximum absolute atomic E-state index is 13.1. The van der Waals surface area contributed by atoms with Crippen molar-refractivity contribution in [3.05, 3.63) is 78.2 Å². The molecule has 0 fully saturated rings. The molecule has 0 aliphatic heterocycles. The number of aliphatic carboxylic acids is 1. The number of halogens is 1. The molecule has 0 saturated carbocycles. The normalized spacial score (nSPS) is 12.8. The van der Waals surface area contributed by atoms with Crippen LogP contribution in [0.25, 0.3) is 21.3 Å². The lowest BCUT2D eigenvalue weighted by atomic mass is 10.1. The van der Waals surface area contributed by atoms with E-state index in [4.69, 9.17) is 0 Å². The molecular weight excluding hydrogens is 439 g/mol. The number of aromatic nitrogens is 1. The summed E-state index contributed by atoms with van der Waals surface area (Å²) >= 11 is 0.995. The van der Waals surface area contributed by atoms with E-state index in [1.165, 1.54) is 18.2 Å². The van der Waals surface area contributed by atoms with Crippen molar-refractivity contribution in [2.45, 2.75) is 16.7 Å². The van der Waals surface area contributed by atoms with Crippen molar-refractivity contribution in [1.82, 2.24) is 9.29 Å². The van der Waals surface area contributed by atoms with Gasteiger partial charge in [-0.05, 0) is 41.5 Å². The van der Waals surface area contributed by atoms with Gasteiger partial charge in [-0.25, -0.2) is 12.8 Å². The zero-order chi connectivity index (χ0) is 22.2. The molecule has 31 heavy (non-hydrogen) atoms. The number of hydrogen-bond acceptors (Lipinski definition) is 4. The Morgan fingerprint density at radius 3 is 2.55 bits per heavy atom. The lowest BCUT2D eigenvalue weighted by Crippen LogP contribution is -2.42. The second kappa shape index (κ2) is 8.26. The van der Waals surface area contributed by atoms with E-state index in [0.717, 1.165) is 27.8 Å². The van der Waals surface area contributed by atoms with E-state index in [1.807, 2.05) is 42.1 Å². The molecule has 0 bridgehead atoms. The van der Waals surface area contributed by atoms with Gasteiger partial charge in [-0.15, -0.1) is 11.3 Å². The third-order valence-corrected chi connectivity index (χ3v) is 8.07. The molecule has 0 aliphatic rings. The molecule has 0 saturated heterocycles. The summed E-state index contributed by atoms with van der Waals surface area (Å²) in [4.78, 5) is 12.5. The Morgan fingerprint density at radius 1 is 1.13 bits per heavy atom. The third-order valence-electron chi connectivity index (χ3n) is 4.97. The number of nitrogens with zero attached hydrogens (tertiary/aromatic N) is 1. The average Bonchev–Trinajstić information content (AvgIpc) is 3.35. The van der Waals surface area contributed by atoms with E-state index in [-0.39, 0.29) is 16.4 Å². The summed E-state index contributed by atoms with van der Waals surface area (Å²) < 4.78 is 43.1. The summed E-state index contributed by atoms with van der Waals surface area (Å²) in [7, 11) is -2.20. The van der Waals surface area contributed by atoms with Crippen molar-refractivity contribution >= 4 is 38.2 Å². The minimum atomic E-state index is -4.06. The van der Waals surface area contributed by atoms with Crippen LogP contribution in [0.5, 0.6) is 0 Å². The Morgan fingerprint density at radius 2 is 1.84 bits per heavy atom. The number of hydrogen-bond donors (Lipinski definition) is 2. The molecule has 4 aromatic rings. The SMILES string of the molecule is Cn1cc(C[C@@H](NS(=O)(=O)c2ccc(-c3ccc(F)cc3)s2)C(=O)O)c2ccccc21. The maximum atomic E-state index is 13.1. The summed E-state index contributed by atoms with van der Waals surface area (Å²) in [5, 5.41) is 10.5. The molecule has 0 unspecified atom stereocenters. The van der Waals surface area contributed by atoms with E-state index in [2.05, 4.69) is 4.72 Å². The summed E-state index contributed by atoms with van der Waals surface area (Å²) in [6.07, 6.45) is 1.82. The molecule has 2 N–H and O–H groups in total. The molecule has 0 amide bonds. The van der Waals surface area contributed by atoms with Crippen LogP contribution in [-0.2, 0) is 28.3 Å². The third kappa shape index (κ3) is 4.39. The molecule has 2 heterocycles. The van der Waals surface area contributed by atoms with Gasteiger partial charge < -0.3 is 9.67 Å². The number of thiophene rings is 1. The largest absolute Gasteiger partial charge is 0.480 e. The summed E-state index contributed by atoms with van der Waals surface area (Å²) in [5.41, 5.74) is 2.36. The Labute approximate surface area is 182 Å². The van der Waals surface area contributed by atoms with Gasteiger partial charge in [0.1, 0.15) is 16.1 Å². The van der Waals surface area contributed by atoms with Crippen LogP contribution >= 0.6 is 11.3 Å². The number of sulfonamides is 1. The number of carboxylic acids is 1. The number of benzene rings is 2. The fraction of sp³-hybridized carbons (Fsp3) is 0.136. The predicted molar refractivity (Wildman–Crippen MR) is 118 cm³/mol. The molecule has 2 aromatic carbocycles. The predicted octanol–water partition coefficient (Wildman–Crippen LogP) is 4.02. The number of para-hydroxylation sites is 1. The minimum absolute atomic E-state index is 0.00371. The van der Waals surface area contributed by atoms with Gasteiger partial charge in [0.15, 0.2) is 0 Å². The standard InChI is InChI=1S/C22H19FN2O4S2/c1-25-13-15(17-4-2-3-5-19(17)25)12-18(22(26)27)24-31(28,29)21-11-10-20(30-21)14-6-8-16(23)9-7-14/h2-11,13,18,24H,12H2,1H3,(H,26,27)/t18-/m1/s1.